The lowest BCUT2D eigenvalue weighted by Gasteiger charge is -2.18. The highest BCUT2D eigenvalue weighted by Crippen LogP contribution is 2.18. The van der Waals surface area contributed by atoms with E-state index in [9.17, 15) is 17.6 Å². The second-order valence-corrected chi connectivity index (χ2v) is 4.00. The Hall–Kier alpha value is -1.21. The molecule has 1 heterocycles. The molecule has 0 radical (unpaired) electrons. The van der Waals surface area contributed by atoms with Crippen molar-refractivity contribution >= 4 is 0 Å². The number of hydrogen-bond donors (Lipinski definition) is 1. The summed E-state index contributed by atoms with van der Waals surface area (Å²) in [6.45, 7) is 1.14. The number of aromatic nitrogens is 1. The zero-order chi connectivity index (χ0) is 14.3. The maximum atomic E-state index is 13.0. The van der Waals surface area contributed by atoms with Crippen molar-refractivity contribution in [2.75, 3.05) is 19.8 Å². The SMILES string of the molecule is CCNC(CCOCC(F)(F)F)c1cncc(F)c1. The van der Waals surface area contributed by atoms with Crippen LogP contribution >= 0.6 is 0 Å². The van der Waals surface area contributed by atoms with Crippen LogP contribution in [0.25, 0.3) is 0 Å². The molecule has 0 aromatic carbocycles. The molecule has 1 rings (SSSR count). The van der Waals surface area contributed by atoms with Crippen LogP contribution in [0.15, 0.2) is 18.5 Å². The summed E-state index contributed by atoms with van der Waals surface area (Å²) in [5, 5.41) is 3.06. The Morgan fingerprint density at radius 1 is 1.37 bits per heavy atom. The Labute approximate surface area is 109 Å². The van der Waals surface area contributed by atoms with Crippen LogP contribution in [0.2, 0.25) is 0 Å². The van der Waals surface area contributed by atoms with Crippen molar-refractivity contribution < 1.29 is 22.3 Å². The van der Waals surface area contributed by atoms with Gasteiger partial charge in [0.15, 0.2) is 0 Å². The van der Waals surface area contributed by atoms with Crippen LogP contribution in [-0.2, 0) is 4.74 Å². The molecule has 0 aliphatic rings. The molecule has 1 aromatic rings. The van der Waals surface area contributed by atoms with Gasteiger partial charge in [0, 0.05) is 18.8 Å². The Morgan fingerprint density at radius 3 is 2.68 bits per heavy atom. The zero-order valence-corrected chi connectivity index (χ0v) is 10.5. The van der Waals surface area contributed by atoms with Gasteiger partial charge in [-0.2, -0.15) is 13.2 Å². The molecule has 0 fully saturated rings. The molecule has 7 heteroatoms. The Morgan fingerprint density at radius 2 is 2.11 bits per heavy atom. The fourth-order valence-electron chi connectivity index (χ4n) is 1.64. The van der Waals surface area contributed by atoms with Crippen molar-refractivity contribution in [3.63, 3.8) is 0 Å². The van der Waals surface area contributed by atoms with Gasteiger partial charge in [-0.05, 0) is 24.6 Å². The largest absolute Gasteiger partial charge is 0.411 e. The number of nitrogens with one attached hydrogen (secondary N) is 1. The van der Waals surface area contributed by atoms with Crippen LogP contribution in [0.5, 0.6) is 0 Å². The predicted molar refractivity (Wildman–Crippen MR) is 62.1 cm³/mol. The molecule has 1 N–H and O–H groups in total. The second kappa shape index (κ2) is 7.40. The van der Waals surface area contributed by atoms with Crippen LogP contribution in [0, 0.1) is 5.82 Å². The third kappa shape index (κ3) is 6.49. The summed E-state index contributed by atoms with van der Waals surface area (Å²) in [7, 11) is 0. The number of ether oxygens (including phenoxy) is 1. The molecule has 0 aliphatic carbocycles. The summed E-state index contributed by atoms with van der Waals surface area (Å²) in [6.07, 6.45) is -1.45. The molecule has 0 saturated heterocycles. The van der Waals surface area contributed by atoms with Gasteiger partial charge in [-0.1, -0.05) is 6.92 Å². The molecule has 3 nitrogen and oxygen atoms in total. The van der Waals surface area contributed by atoms with Crippen molar-refractivity contribution in [2.45, 2.75) is 25.6 Å². The minimum Gasteiger partial charge on any atom is -0.372 e. The van der Waals surface area contributed by atoms with Crippen LogP contribution < -0.4 is 5.32 Å². The molecule has 1 atom stereocenters. The first-order chi connectivity index (χ1) is 8.92. The number of halogens is 4. The monoisotopic (exact) mass is 280 g/mol. The van der Waals surface area contributed by atoms with Crippen LogP contribution in [-0.4, -0.2) is 30.9 Å². The molecular formula is C12H16F4N2O. The van der Waals surface area contributed by atoms with E-state index in [-0.39, 0.29) is 12.6 Å². The van der Waals surface area contributed by atoms with Crippen molar-refractivity contribution in [3.8, 4) is 0 Å². The average molecular weight is 280 g/mol. The molecule has 0 saturated carbocycles. The second-order valence-electron chi connectivity index (χ2n) is 4.00. The van der Waals surface area contributed by atoms with Gasteiger partial charge >= 0.3 is 6.18 Å². The van der Waals surface area contributed by atoms with E-state index in [2.05, 4.69) is 15.0 Å². The molecule has 0 spiro atoms. The molecule has 0 aliphatic heterocycles. The van der Waals surface area contributed by atoms with E-state index in [1.165, 1.54) is 12.3 Å². The topological polar surface area (TPSA) is 34.1 Å². The van der Waals surface area contributed by atoms with E-state index in [4.69, 9.17) is 0 Å². The highest BCUT2D eigenvalue weighted by Gasteiger charge is 2.27. The normalized spacial score (nSPS) is 13.5. The first-order valence-electron chi connectivity index (χ1n) is 5.90. The fraction of sp³-hybridized carbons (Fsp3) is 0.583. The molecule has 1 unspecified atom stereocenters. The number of hydrogen-bond acceptors (Lipinski definition) is 3. The molecule has 1 aromatic heterocycles. The average Bonchev–Trinajstić information content (AvgIpc) is 2.32. The molecule has 108 valence electrons. The number of pyridine rings is 1. The van der Waals surface area contributed by atoms with Gasteiger partial charge < -0.3 is 10.1 Å². The molecule has 0 bridgehead atoms. The maximum absolute atomic E-state index is 13.0. The molecule has 0 amide bonds. The van der Waals surface area contributed by atoms with Gasteiger partial charge in [0.2, 0.25) is 0 Å². The van der Waals surface area contributed by atoms with E-state index in [1.807, 2.05) is 6.92 Å². The number of alkyl halides is 3. The van der Waals surface area contributed by atoms with E-state index in [0.29, 0.717) is 18.5 Å². The van der Waals surface area contributed by atoms with Gasteiger partial charge in [-0.25, -0.2) is 4.39 Å². The van der Waals surface area contributed by atoms with E-state index in [0.717, 1.165) is 6.20 Å². The zero-order valence-electron chi connectivity index (χ0n) is 10.5. The maximum Gasteiger partial charge on any atom is 0.411 e. The molecule has 19 heavy (non-hydrogen) atoms. The van der Waals surface area contributed by atoms with Gasteiger partial charge in [-0.15, -0.1) is 0 Å². The van der Waals surface area contributed by atoms with Gasteiger partial charge in [0.05, 0.1) is 6.20 Å². The summed E-state index contributed by atoms with van der Waals surface area (Å²) in [4.78, 5) is 3.72. The Bertz CT molecular complexity index is 384. The van der Waals surface area contributed by atoms with Gasteiger partial charge in [0.25, 0.3) is 0 Å². The smallest absolute Gasteiger partial charge is 0.372 e. The predicted octanol–water partition coefficient (Wildman–Crippen LogP) is 2.84. The lowest BCUT2D eigenvalue weighted by atomic mass is 10.1. The lowest BCUT2D eigenvalue weighted by Crippen LogP contribution is -2.24. The van der Waals surface area contributed by atoms with Crippen molar-refractivity contribution in [2.24, 2.45) is 0 Å². The lowest BCUT2D eigenvalue weighted by molar-refractivity contribution is -0.174. The Kier molecular flexibility index (Phi) is 6.17. The summed E-state index contributed by atoms with van der Waals surface area (Å²) in [6, 6.07) is 1.03. The van der Waals surface area contributed by atoms with Crippen LogP contribution in [0.4, 0.5) is 17.6 Å². The minimum atomic E-state index is -4.33. The molecular weight excluding hydrogens is 264 g/mol. The summed E-state index contributed by atoms with van der Waals surface area (Å²) >= 11 is 0. The minimum absolute atomic E-state index is 0.0618. The van der Waals surface area contributed by atoms with Crippen molar-refractivity contribution in [1.29, 1.82) is 0 Å². The van der Waals surface area contributed by atoms with Gasteiger partial charge in [-0.3, -0.25) is 4.98 Å². The van der Waals surface area contributed by atoms with Crippen molar-refractivity contribution in [1.82, 2.24) is 10.3 Å². The number of rotatable bonds is 7. The highest BCUT2D eigenvalue weighted by atomic mass is 19.4. The summed E-state index contributed by atoms with van der Waals surface area (Å²) in [5.41, 5.74) is 0.595. The Balaban J connectivity index is 2.49. The quantitative estimate of drug-likeness (QED) is 0.616. The van der Waals surface area contributed by atoms with Crippen LogP contribution in [0.3, 0.4) is 0 Å². The third-order valence-electron chi connectivity index (χ3n) is 2.40. The van der Waals surface area contributed by atoms with Crippen LogP contribution in [0.1, 0.15) is 24.9 Å². The van der Waals surface area contributed by atoms with E-state index in [1.54, 1.807) is 0 Å². The first-order valence-corrected chi connectivity index (χ1v) is 5.90. The highest BCUT2D eigenvalue weighted by molar-refractivity contribution is 5.15. The standard InChI is InChI=1S/C12H16F4N2O/c1-2-18-11(3-4-19-8-12(14,15)16)9-5-10(13)7-17-6-9/h5-7,11,18H,2-4,8H2,1H3. The number of nitrogens with zero attached hydrogens (tertiary/aromatic N) is 1. The van der Waals surface area contributed by atoms with Gasteiger partial charge in [0.1, 0.15) is 12.4 Å². The summed E-state index contributed by atoms with van der Waals surface area (Å²) in [5.74, 6) is -0.475. The summed E-state index contributed by atoms with van der Waals surface area (Å²) < 4.78 is 53.3. The fourth-order valence-corrected chi connectivity index (χ4v) is 1.64. The van der Waals surface area contributed by atoms with E-state index >= 15 is 0 Å². The van der Waals surface area contributed by atoms with Crippen molar-refractivity contribution in [3.05, 3.63) is 29.8 Å². The third-order valence-corrected chi connectivity index (χ3v) is 2.40. The van der Waals surface area contributed by atoms with E-state index < -0.39 is 18.6 Å². The first kappa shape index (κ1) is 15.8.